The zero-order valence-corrected chi connectivity index (χ0v) is 19.4. The molecule has 1 aromatic carbocycles. The van der Waals surface area contributed by atoms with Crippen molar-refractivity contribution in [2.45, 2.75) is 51.0 Å². The van der Waals surface area contributed by atoms with Gasteiger partial charge in [0, 0.05) is 0 Å². The minimum absolute atomic E-state index is 0.304. The number of ether oxygens (including phenoxy) is 1. The van der Waals surface area contributed by atoms with E-state index < -0.39 is 54.2 Å². The minimum atomic E-state index is -1.60. The Balaban J connectivity index is 2.70. The van der Waals surface area contributed by atoms with Crippen LogP contribution in [0.15, 0.2) is 30.3 Å². The molecule has 0 saturated carbocycles. The number of hydrogen-bond acceptors (Lipinski definition) is 7. The van der Waals surface area contributed by atoms with Crippen molar-refractivity contribution in [3.8, 4) is 0 Å². The maximum absolute atomic E-state index is 12.5. The van der Waals surface area contributed by atoms with Crippen molar-refractivity contribution in [2.75, 3.05) is 18.6 Å². The summed E-state index contributed by atoms with van der Waals surface area (Å²) in [4.78, 5) is 48.3. The molecule has 5 N–H and O–H groups in total. The average Bonchev–Trinajstić information content (AvgIpc) is 2.71. The molecule has 0 saturated heterocycles. The van der Waals surface area contributed by atoms with Crippen LogP contribution in [0.1, 0.15) is 38.9 Å². The molecule has 0 fully saturated rings. The Kier molecular flexibility index (Phi) is 11.0. The topological polar surface area (TPSA) is 154 Å². The third kappa shape index (κ3) is 10.0. The highest BCUT2D eigenvalue weighted by Crippen LogP contribution is 2.16. The quantitative estimate of drug-likeness (QED) is 0.322. The van der Waals surface area contributed by atoms with Gasteiger partial charge in [-0.25, -0.2) is 9.59 Å². The molecule has 1 unspecified atom stereocenters. The lowest BCUT2D eigenvalue weighted by atomic mass is 10.0. The molecule has 10 nitrogen and oxygen atoms in total. The van der Waals surface area contributed by atoms with Crippen LogP contribution in [-0.4, -0.2) is 70.3 Å². The Bertz CT molecular complexity index is 783. The number of aliphatic hydroxyl groups is 1. The summed E-state index contributed by atoms with van der Waals surface area (Å²) in [5.41, 5.74) is -0.418. The first-order valence-electron chi connectivity index (χ1n) is 9.96. The fourth-order valence-electron chi connectivity index (χ4n) is 2.59. The molecular formula is C21H31N3O7S. The van der Waals surface area contributed by atoms with Crippen molar-refractivity contribution >= 4 is 35.6 Å². The Morgan fingerprint density at radius 1 is 1.09 bits per heavy atom. The Morgan fingerprint density at radius 2 is 1.72 bits per heavy atom. The summed E-state index contributed by atoms with van der Waals surface area (Å²) in [6, 6.07) is 5.50. The molecule has 0 bridgehead atoms. The fourth-order valence-corrected chi connectivity index (χ4v) is 3.06. The number of carbonyl (C=O) groups is 4. The standard InChI is InChI=1S/C21H31N3O7S/c1-21(2,3)31-20(30)23-14(10-11-32-4)18(27)22-12-15(25)24-16(19(28)29)17(26)13-8-6-5-7-9-13/h5-9,14,16-17,26H,10-12H2,1-4H3,(H,22,27)(H,23,30)(H,24,25)(H,28,29)/t14-,16+,17?/m1/s1. The first-order chi connectivity index (χ1) is 14.9. The molecule has 32 heavy (non-hydrogen) atoms. The second-order valence-electron chi connectivity index (χ2n) is 7.94. The lowest BCUT2D eigenvalue weighted by Crippen LogP contribution is -2.52. The predicted molar refractivity (Wildman–Crippen MR) is 120 cm³/mol. The summed E-state index contributed by atoms with van der Waals surface area (Å²) in [7, 11) is 0. The number of amides is 3. The third-order valence-corrected chi connectivity index (χ3v) is 4.72. The number of carboxylic acid groups (broad SMARTS) is 1. The number of hydrogen-bond donors (Lipinski definition) is 5. The van der Waals surface area contributed by atoms with Gasteiger partial charge in [-0.05, 0) is 44.8 Å². The van der Waals surface area contributed by atoms with Crippen molar-refractivity contribution in [3.05, 3.63) is 35.9 Å². The normalized spacial score (nSPS) is 13.9. The molecule has 0 aliphatic rings. The van der Waals surface area contributed by atoms with Gasteiger partial charge in [-0.1, -0.05) is 30.3 Å². The van der Waals surface area contributed by atoms with E-state index in [4.69, 9.17) is 4.74 Å². The summed E-state index contributed by atoms with van der Waals surface area (Å²) >= 11 is 1.48. The highest BCUT2D eigenvalue weighted by molar-refractivity contribution is 7.98. The minimum Gasteiger partial charge on any atom is -0.480 e. The molecule has 0 radical (unpaired) electrons. The number of thioether (sulfide) groups is 1. The van der Waals surface area contributed by atoms with Crippen molar-refractivity contribution in [1.29, 1.82) is 0 Å². The molecule has 0 spiro atoms. The fraction of sp³-hybridized carbons (Fsp3) is 0.524. The van der Waals surface area contributed by atoms with Crippen LogP contribution in [0.25, 0.3) is 0 Å². The van der Waals surface area contributed by atoms with Gasteiger partial charge in [-0.15, -0.1) is 0 Å². The Hall–Kier alpha value is -2.79. The first-order valence-corrected chi connectivity index (χ1v) is 11.4. The van der Waals surface area contributed by atoms with E-state index in [0.29, 0.717) is 17.7 Å². The molecule has 1 aromatic rings. The van der Waals surface area contributed by atoms with Crippen LogP contribution < -0.4 is 16.0 Å². The first kappa shape index (κ1) is 27.2. The van der Waals surface area contributed by atoms with Crippen LogP contribution in [0.4, 0.5) is 4.79 Å². The van der Waals surface area contributed by atoms with Gasteiger partial charge in [0.2, 0.25) is 11.8 Å². The number of carbonyl (C=O) groups excluding carboxylic acids is 3. The van der Waals surface area contributed by atoms with E-state index in [9.17, 15) is 29.4 Å². The molecule has 3 amide bonds. The maximum Gasteiger partial charge on any atom is 0.408 e. The Labute approximate surface area is 191 Å². The number of aliphatic hydroxyl groups excluding tert-OH is 1. The van der Waals surface area contributed by atoms with Crippen LogP contribution >= 0.6 is 11.8 Å². The van der Waals surface area contributed by atoms with Crippen molar-refractivity contribution in [1.82, 2.24) is 16.0 Å². The molecule has 3 atom stereocenters. The summed E-state index contributed by atoms with van der Waals surface area (Å²) < 4.78 is 5.16. The highest BCUT2D eigenvalue weighted by atomic mass is 32.2. The highest BCUT2D eigenvalue weighted by Gasteiger charge is 2.30. The summed E-state index contributed by atoms with van der Waals surface area (Å²) in [5, 5.41) is 26.8. The molecule has 178 valence electrons. The number of alkyl carbamates (subject to hydrolysis) is 1. The predicted octanol–water partition coefficient (Wildman–Crippen LogP) is 1.05. The van der Waals surface area contributed by atoms with E-state index in [1.165, 1.54) is 23.9 Å². The molecule has 0 heterocycles. The van der Waals surface area contributed by atoms with Crippen LogP contribution in [0, 0.1) is 0 Å². The van der Waals surface area contributed by atoms with Crippen molar-refractivity contribution in [3.63, 3.8) is 0 Å². The number of carboxylic acids is 1. The van der Waals surface area contributed by atoms with Crippen LogP contribution in [-0.2, 0) is 19.1 Å². The lowest BCUT2D eigenvalue weighted by Gasteiger charge is -2.23. The van der Waals surface area contributed by atoms with Gasteiger partial charge >= 0.3 is 12.1 Å². The van der Waals surface area contributed by atoms with E-state index in [2.05, 4.69) is 16.0 Å². The van der Waals surface area contributed by atoms with Gasteiger partial charge in [0.1, 0.15) is 17.7 Å². The van der Waals surface area contributed by atoms with Crippen LogP contribution in [0.5, 0.6) is 0 Å². The third-order valence-electron chi connectivity index (χ3n) is 4.08. The average molecular weight is 470 g/mol. The van der Waals surface area contributed by atoms with E-state index in [1.807, 2.05) is 6.26 Å². The lowest BCUT2D eigenvalue weighted by molar-refractivity contribution is -0.145. The van der Waals surface area contributed by atoms with Gasteiger partial charge < -0.3 is 30.9 Å². The monoisotopic (exact) mass is 469 g/mol. The molecule has 0 aromatic heterocycles. The summed E-state index contributed by atoms with van der Waals surface area (Å²) in [6.45, 7) is 4.54. The van der Waals surface area contributed by atoms with Gasteiger partial charge in [-0.2, -0.15) is 11.8 Å². The maximum atomic E-state index is 12.5. The number of rotatable bonds is 11. The number of nitrogens with one attached hydrogen (secondary N) is 3. The Morgan fingerprint density at radius 3 is 2.25 bits per heavy atom. The van der Waals surface area contributed by atoms with Gasteiger partial charge in [0.05, 0.1) is 6.54 Å². The van der Waals surface area contributed by atoms with Crippen LogP contribution in [0.2, 0.25) is 0 Å². The summed E-state index contributed by atoms with van der Waals surface area (Å²) in [6.07, 6.45) is -0.0881. The second-order valence-corrected chi connectivity index (χ2v) is 8.92. The zero-order valence-electron chi connectivity index (χ0n) is 18.6. The van der Waals surface area contributed by atoms with Gasteiger partial charge in [-0.3, -0.25) is 9.59 Å². The van der Waals surface area contributed by atoms with Crippen molar-refractivity contribution in [2.24, 2.45) is 0 Å². The van der Waals surface area contributed by atoms with Gasteiger partial charge in [0.15, 0.2) is 6.04 Å². The number of benzene rings is 1. The SMILES string of the molecule is CSCC[C@@H](NC(=O)OC(C)(C)C)C(=O)NCC(=O)N[C@H](C(=O)O)C(O)c1ccccc1. The molecule has 1 rings (SSSR count). The molecule has 0 aliphatic heterocycles. The van der Waals surface area contributed by atoms with E-state index in [1.54, 1.807) is 39.0 Å². The largest absolute Gasteiger partial charge is 0.480 e. The smallest absolute Gasteiger partial charge is 0.408 e. The van der Waals surface area contributed by atoms with Crippen LogP contribution in [0.3, 0.4) is 0 Å². The summed E-state index contributed by atoms with van der Waals surface area (Å²) in [5.74, 6) is -2.27. The second kappa shape index (κ2) is 12.9. The van der Waals surface area contributed by atoms with E-state index in [0.717, 1.165) is 0 Å². The van der Waals surface area contributed by atoms with E-state index >= 15 is 0 Å². The zero-order chi connectivity index (χ0) is 24.3. The van der Waals surface area contributed by atoms with Gasteiger partial charge in [0.25, 0.3) is 0 Å². The van der Waals surface area contributed by atoms with Crippen molar-refractivity contribution < 1.29 is 34.1 Å². The van der Waals surface area contributed by atoms with E-state index in [-0.39, 0.29) is 0 Å². The molecule has 0 aliphatic carbocycles. The molecular weight excluding hydrogens is 438 g/mol. The number of aliphatic carboxylic acids is 1. The molecule has 11 heteroatoms.